The molecule has 1 N–H and O–H groups in total. The van der Waals surface area contributed by atoms with Gasteiger partial charge in [0.15, 0.2) is 0 Å². The second-order valence-corrected chi connectivity index (χ2v) is 11.4. The maximum absolute atomic E-state index is 14.8. The first-order chi connectivity index (χ1) is 15.7. The molecule has 0 saturated heterocycles. The number of carbonyl (C=O) groups is 1. The molecule has 0 aliphatic heterocycles. The number of anilines is 1. The number of aromatic nitrogens is 1. The number of hydrogen-bond acceptors (Lipinski definition) is 7. The van der Waals surface area contributed by atoms with Crippen molar-refractivity contribution < 1.29 is 26.0 Å². The predicted octanol–water partition coefficient (Wildman–Crippen LogP) is 2.85. The van der Waals surface area contributed by atoms with Crippen LogP contribution in [0.25, 0.3) is 10.9 Å². The molecule has 3 rings (SSSR count). The lowest BCUT2D eigenvalue weighted by Gasteiger charge is -2.13. The van der Waals surface area contributed by atoms with Crippen LogP contribution in [0.2, 0.25) is 0 Å². The number of halogens is 1. The highest BCUT2D eigenvalue weighted by Gasteiger charge is 2.29. The zero-order valence-electron chi connectivity index (χ0n) is 18.7. The Labute approximate surface area is 196 Å². The van der Waals surface area contributed by atoms with Crippen LogP contribution in [0.4, 0.5) is 10.1 Å². The summed E-state index contributed by atoms with van der Waals surface area (Å²) in [6, 6.07) is 10.7. The van der Waals surface area contributed by atoms with E-state index in [1.807, 2.05) is 4.72 Å². The largest absolute Gasteiger partial charge is 0.382 e. The van der Waals surface area contributed by atoms with Crippen LogP contribution in [-0.4, -0.2) is 51.8 Å². The summed E-state index contributed by atoms with van der Waals surface area (Å²) in [5.74, 6) is -1.94. The molecule has 2 aromatic carbocycles. The Morgan fingerprint density at radius 1 is 1.12 bits per heavy atom. The van der Waals surface area contributed by atoms with Crippen LogP contribution in [0.3, 0.4) is 0 Å². The van der Waals surface area contributed by atoms with Gasteiger partial charge in [0, 0.05) is 31.7 Å². The van der Waals surface area contributed by atoms with Crippen molar-refractivity contribution in [3.05, 3.63) is 71.3 Å². The number of sulfonamides is 1. The van der Waals surface area contributed by atoms with Crippen LogP contribution in [0.5, 0.6) is 0 Å². The molecule has 0 amide bonds. The van der Waals surface area contributed by atoms with Gasteiger partial charge in [-0.1, -0.05) is 17.7 Å². The third-order valence-corrected chi connectivity index (χ3v) is 7.02. The van der Waals surface area contributed by atoms with E-state index in [-0.39, 0.29) is 21.4 Å². The first-order valence-electron chi connectivity index (χ1n) is 9.72. The van der Waals surface area contributed by atoms with E-state index in [0.717, 1.165) is 24.0 Å². The van der Waals surface area contributed by atoms with Crippen LogP contribution in [-0.2, 0) is 20.0 Å². The molecule has 0 atom stereocenters. The Balaban J connectivity index is 2.39. The molecule has 34 heavy (non-hydrogen) atoms. The van der Waals surface area contributed by atoms with Gasteiger partial charge in [-0.3, -0.25) is 9.52 Å². The van der Waals surface area contributed by atoms with Crippen molar-refractivity contribution in [3.63, 3.8) is 0 Å². The first-order valence-corrected chi connectivity index (χ1v) is 13.1. The molecular formula is C22H21FN4O5S2. The number of carbonyl (C=O) groups excluding carboxylic acids is 1. The molecular weight excluding hydrogens is 483 g/mol. The van der Waals surface area contributed by atoms with Crippen molar-refractivity contribution in [1.82, 2.24) is 8.87 Å². The van der Waals surface area contributed by atoms with E-state index in [4.69, 9.17) is 0 Å². The zero-order valence-corrected chi connectivity index (χ0v) is 20.3. The lowest BCUT2D eigenvalue weighted by Crippen LogP contribution is -2.20. The van der Waals surface area contributed by atoms with Crippen molar-refractivity contribution in [2.45, 2.75) is 11.8 Å². The molecule has 1 aromatic heterocycles. The third kappa shape index (κ3) is 4.95. The number of ketones is 1. The smallest absolute Gasteiger partial charge is 0.268 e. The fraction of sp³-hybridized carbons (Fsp3) is 0.182. The first kappa shape index (κ1) is 24.9. The summed E-state index contributed by atoms with van der Waals surface area (Å²) in [5.41, 5.74) is -0.550. The number of Topliss-reactive ketones (excluding diaryl/α,β-unsaturated/α-hetero) is 1. The van der Waals surface area contributed by atoms with Crippen molar-refractivity contribution in [1.29, 1.82) is 5.26 Å². The summed E-state index contributed by atoms with van der Waals surface area (Å²) in [5, 5.41) is 9.55. The van der Waals surface area contributed by atoms with Gasteiger partial charge in [0.2, 0.25) is 15.8 Å². The molecule has 0 radical (unpaired) electrons. The summed E-state index contributed by atoms with van der Waals surface area (Å²) in [6.07, 6.45) is 2.07. The van der Waals surface area contributed by atoms with Crippen LogP contribution in [0.15, 0.2) is 59.1 Å². The zero-order chi connectivity index (χ0) is 25.4. The Bertz CT molecular complexity index is 1580. The lowest BCUT2D eigenvalue weighted by atomic mass is 10.1. The van der Waals surface area contributed by atoms with Gasteiger partial charge in [-0.15, -0.1) is 0 Å². The number of rotatable bonds is 7. The van der Waals surface area contributed by atoms with Crippen LogP contribution in [0, 0.1) is 24.1 Å². The van der Waals surface area contributed by atoms with E-state index in [1.54, 1.807) is 39.2 Å². The monoisotopic (exact) mass is 504 g/mol. The summed E-state index contributed by atoms with van der Waals surface area (Å²) in [4.78, 5) is 14.5. The Kier molecular flexibility index (Phi) is 6.55. The Hall–Kier alpha value is -3.69. The highest BCUT2D eigenvalue weighted by molar-refractivity contribution is 7.92. The third-order valence-electron chi connectivity index (χ3n) is 4.69. The molecule has 0 spiro atoms. The van der Waals surface area contributed by atoms with Gasteiger partial charge in [0.25, 0.3) is 10.0 Å². The number of nitrogens with zero attached hydrogens (tertiary/aromatic N) is 3. The lowest BCUT2D eigenvalue weighted by molar-refractivity contribution is 0.103. The number of nitriles is 1. The average Bonchev–Trinajstić information content (AvgIpc) is 3.09. The van der Waals surface area contributed by atoms with Gasteiger partial charge in [-0.05, 0) is 31.2 Å². The van der Waals surface area contributed by atoms with Crippen molar-refractivity contribution >= 4 is 42.4 Å². The molecule has 0 fully saturated rings. The minimum atomic E-state index is -4.41. The highest BCUT2D eigenvalue weighted by atomic mass is 32.2. The molecule has 1 heterocycles. The normalized spacial score (nSPS) is 12.4. The van der Waals surface area contributed by atoms with Gasteiger partial charge in [0.1, 0.15) is 23.2 Å². The summed E-state index contributed by atoms with van der Waals surface area (Å²) >= 11 is 0. The van der Waals surface area contributed by atoms with E-state index in [1.165, 1.54) is 29.3 Å². The fourth-order valence-corrected chi connectivity index (χ4v) is 5.31. The standard InChI is InChI=1S/C22H21FN4O5S2/c1-14-5-7-17(8-6-14)34(31,32)27-20-11-18(23)19(25-33(4,29)30)9-15(20)10-21(27)22(28)16(12-24)13-26(2)3/h5-11,13,25H,1-4H3. The SMILES string of the molecule is Cc1ccc(S(=O)(=O)n2c(C(=O)C(C#N)=CN(C)C)cc3cc(NS(C)(=O)=O)c(F)cc32)cc1. The van der Waals surface area contributed by atoms with Crippen LogP contribution < -0.4 is 4.72 Å². The van der Waals surface area contributed by atoms with Crippen molar-refractivity contribution in [3.8, 4) is 6.07 Å². The number of aryl methyl sites for hydroxylation is 1. The summed E-state index contributed by atoms with van der Waals surface area (Å²) in [7, 11) is -5.07. The van der Waals surface area contributed by atoms with E-state index >= 15 is 0 Å². The number of nitrogens with one attached hydrogen (secondary N) is 1. The maximum Gasteiger partial charge on any atom is 0.268 e. The van der Waals surface area contributed by atoms with E-state index in [2.05, 4.69) is 0 Å². The Morgan fingerprint density at radius 3 is 2.26 bits per heavy atom. The van der Waals surface area contributed by atoms with Gasteiger partial charge < -0.3 is 4.90 Å². The van der Waals surface area contributed by atoms with Crippen LogP contribution in [0.1, 0.15) is 16.1 Å². The molecule has 0 unspecified atom stereocenters. The minimum absolute atomic E-state index is 0.0775. The van der Waals surface area contributed by atoms with Crippen molar-refractivity contribution in [2.24, 2.45) is 0 Å². The van der Waals surface area contributed by atoms with Gasteiger partial charge in [-0.2, -0.15) is 5.26 Å². The second-order valence-electron chi connectivity index (χ2n) is 7.82. The van der Waals surface area contributed by atoms with E-state index < -0.39 is 43.0 Å². The molecule has 0 saturated carbocycles. The van der Waals surface area contributed by atoms with Crippen molar-refractivity contribution in [2.75, 3.05) is 25.1 Å². The molecule has 0 bridgehead atoms. The minimum Gasteiger partial charge on any atom is -0.382 e. The number of hydrogen-bond donors (Lipinski definition) is 1. The highest BCUT2D eigenvalue weighted by Crippen LogP contribution is 2.31. The molecule has 178 valence electrons. The Morgan fingerprint density at radius 2 is 1.74 bits per heavy atom. The molecule has 9 nitrogen and oxygen atoms in total. The van der Waals surface area contributed by atoms with E-state index in [9.17, 15) is 31.3 Å². The quantitative estimate of drug-likeness (QED) is 0.298. The number of benzene rings is 2. The van der Waals surface area contributed by atoms with Crippen LogP contribution >= 0.6 is 0 Å². The summed E-state index contributed by atoms with van der Waals surface area (Å²) in [6.45, 7) is 1.77. The molecule has 12 heteroatoms. The number of fused-ring (bicyclic) bond motifs is 1. The fourth-order valence-electron chi connectivity index (χ4n) is 3.25. The second kappa shape index (κ2) is 8.92. The maximum atomic E-state index is 14.8. The van der Waals surface area contributed by atoms with Gasteiger partial charge in [0.05, 0.1) is 22.4 Å². The molecule has 0 aliphatic carbocycles. The number of allylic oxidation sites excluding steroid dienone is 1. The molecule has 3 aromatic rings. The van der Waals surface area contributed by atoms with Gasteiger partial charge in [-0.25, -0.2) is 25.2 Å². The topological polar surface area (TPSA) is 129 Å². The summed E-state index contributed by atoms with van der Waals surface area (Å²) < 4.78 is 67.8. The average molecular weight is 505 g/mol. The predicted molar refractivity (Wildman–Crippen MR) is 126 cm³/mol. The molecule has 0 aliphatic rings. The van der Waals surface area contributed by atoms with Gasteiger partial charge >= 0.3 is 0 Å². The van der Waals surface area contributed by atoms with E-state index in [0.29, 0.717) is 3.97 Å².